The molecule has 1 amide bonds. The number of benzene rings is 2. The lowest BCUT2D eigenvalue weighted by molar-refractivity contribution is 0.0974. The van der Waals surface area contributed by atoms with Crippen molar-refractivity contribution >= 4 is 22.5 Å². The van der Waals surface area contributed by atoms with E-state index >= 15 is 0 Å². The van der Waals surface area contributed by atoms with Crippen LogP contribution in [0.15, 0.2) is 48.5 Å². The van der Waals surface area contributed by atoms with Gasteiger partial charge in [0.05, 0.1) is 16.8 Å². The van der Waals surface area contributed by atoms with E-state index in [0.717, 1.165) is 23.9 Å². The first-order chi connectivity index (χ1) is 12.0. The highest BCUT2D eigenvalue weighted by atomic mass is 19.1. The second-order valence-electron chi connectivity index (χ2n) is 6.65. The van der Waals surface area contributed by atoms with Gasteiger partial charge in [-0.1, -0.05) is 18.2 Å². The number of aromatic nitrogens is 1. The average molecular weight is 334 g/mol. The first kappa shape index (κ1) is 15.8. The number of rotatable bonds is 1. The lowest BCUT2D eigenvalue weighted by Gasteiger charge is -2.35. The van der Waals surface area contributed by atoms with E-state index in [-0.39, 0.29) is 17.8 Å². The summed E-state index contributed by atoms with van der Waals surface area (Å²) in [7, 11) is 0. The highest BCUT2D eigenvalue weighted by Crippen LogP contribution is 2.32. The Balaban J connectivity index is 1.82. The van der Waals surface area contributed by atoms with Gasteiger partial charge in [0, 0.05) is 23.2 Å². The predicted molar refractivity (Wildman–Crippen MR) is 97.5 cm³/mol. The van der Waals surface area contributed by atoms with E-state index < -0.39 is 0 Å². The third-order valence-electron chi connectivity index (χ3n) is 4.94. The number of para-hydroxylation sites is 1. The number of carbonyl (C=O) groups is 1. The number of nitrogens with zero attached hydrogens (tertiary/aromatic N) is 2. The number of carbonyl (C=O) groups excluding carboxylic acids is 1. The molecule has 4 rings (SSSR count). The smallest absolute Gasteiger partial charge is 0.260 e. The van der Waals surface area contributed by atoms with Gasteiger partial charge >= 0.3 is 0 Å². The zero-order valence-electron chi connectivity index (χ0n) is 14.3. The number of amides is 1. The van der Waals surface area contributed by atoms with Crippen molar-refractivity contribution in [2.75, 3.05) is 4.90 Å². The van der Waals surface area contributed by atoms with Crippen molar-refractivity contribution in [1.82, 2.24) is 4.98 Å². The molecule has 0 fully saturated rings. The van der Waals surface area contributed by atoms with Crippen LogP contribution in [0.2, 0.25) is 0 Å². The lowest BCUT2D eigenvalue weighted by atomic mass is 9.95. The number of aryl methyl sites for hydroxylation is 2. The van der Waals surface area contributed by atoms with Gasteiger partial charge in [-0.2, -0.15) is 0 Å². The number of hydrogen-bond acceptors (Lipinski definition) is 2. The van der Waals surface area contributed by atoms with E-state index in [2.05, 4.69) is 18.0 Å². The monoisotopic (exact) mass is 334 g/mol. The quantitative estimate of drug-likeness (QED) is 0.648. The van der Waals surface area contributed by atoms with E-state index in [4.69, 9.17) is 0 Å². The summed E-state index contributed by atoms with van der Waals surface area (Å²) in [5.74, 6) is -0.368. The van der Waals surface area contributed by atoms with E-state index in [1.807, 2.05) is 29.2 Å². The van der Waals surface area contributed by atoms with Gasteiger partial charge in [-0.3, -0.25) is 9.78 Å². The minimum atomic E-state index is -0.322. The third-order valence-corrected chi connectivity index (χ3v) is 4.94. The SMILES string of the molecule is Cc1nc2cc(F)ccc2cc1C(=O)N1c2ccccc2CCC1C. The molecule has 1 unspecified atom stereocenters. The van der Waals surface area contributed by atoms with Gasteiger partial charge in [0.1, 0.15) is 5.82 Å². The van der Waals surface area contributed by atoms with Crippen molar-refractivity contribution in [1.29, 1.82) is 0 Å². The Labute approximate surface area is 146 Å². The molecule has 0 saturated heterocycles. The van der Waals surface area contributed by atoms with Crippen LogP contribution in [0.4, 0.5) is 10.1 Å². The molecule has 1 aromatic heterocycles. The highest BCUT2D eigenvalue weighted by Gasteiger charge is 2.29. The molecule has 0 bridgehead atoms. The molecule has 3 nitrogen and oxygen atoms in total. The van der Waals surface area contributed by atoms with Gasteiger partial charge < -0.3 is 4.90 Å². The van der Waals surface area contributed by atoms with Crippen molar-refractivity contribution < 1.29 is 9.18 Å². The largest absolute Gasteiger partial charge is 0.305 e. The predicted octanol–water partition coefficient (Wildman–Crippen LogP) is 4.66. The molecular formula is C21H19FN2O. The van der Waals surface area contributed by atoms with Gasteiger partial charge in [-0.15, -0.1) is 0 Å². The minimum absolute atomic E-state index is 0.0455. The summed E-state index contributed by atoms with van der Waals surface area (Å²) in [6.45, 7) is 3.88. The standard InChI is InChI=1S/C21H19FN2O/c1-13-7-8-15-5-3-4-6-20(15)24(13)21(25)18-11-16-9-10-17(22)12-19(16)23-14(18)2/h3-6,9-13H,7-8H2,1-2H3. The summed E-state index contributed by atoms with van der Waals surface area (Å²) in [4.78, 5) is 19.6. The van der Waals surface area contributed by atoms with E-state index in [1.54, 1.807) is 13.0 Å². The zero-order chi connectivity index (χ0) is 17.6. The number of halogens is 1. The molecule has 4 heteroatoms. The van der Waals surface area contributed by atoms with Gasteiger partial charge in [0.25, 0.3) is 5.91 Å². The molecule has 1 aliphatic heterocycles. The molecule has 1 atom stereocenters. The number of hydrogen-bond donors (Lipinski definition) is 0. The van der Waals surface area contributed by atoms with Crippen LogP contribution in [-0.4, -0.2) is 16.9 Å². The average Bonchev–Trinajstić information content (AvgIpc) is 2.60. The Bertz CT molecular complexity index is 983. The number of fused-ring (bicyclic) bond motifs is 2. The van der Waals surface area contributed by atoms with Crippen molar-refractivity contribution in [3.63, 3.8) is 0 Å². The molecule has 1 aliphatic rings. The summed E-state index contributed by atoms with van der Waals surface area (Å²) >= 11 is 0. The van der Waals surface area contributed by atoms with Crippen LogP contribution in [0.3, 0.4) is 0 Å². The highest BCUT2D eigenvalue weighted by molar-refractivity contribution is 6.09. The Morgan fingerprint density at radius 1 is 1.20 bits per heavy atom. The van der Waals surface area contributed by atoms with Gasteiger partial charge in [-0.25, -0.2) is 4.39 Å². The Morgan fingerprint density at radius 3 is 2.84 bits per heavy atom. The van der Waals surface area contributed by atoms with Gasteiger partial charge in [0.15, 0.2) is 0 Å². The van der Waals surface area contributed by atoms with Crippen LogP contribution in [0.25, 0.3) is 10.9 Å². The van der Waals surface area contributed by atoms with Crippen molar-refractivity contribution in [2.24, 2.45) is 0 Å². The van der Waals surface area contributed by atoms with Crippen LogP contribution in [0.5, 0.6) is 0 Å². The van der Waals surface area contributed by atoms with E-state index in [0.29, 0.717) is 16.8 Å². The minimum Gasteiger partial charge on any atom is -0.305 e. The van der Waals surface area contributed by atoms with Gasteiger partial charge in [-0.05, 0) is 56.5 Å². The van der Waals surface area contributed by atoms with Crippen LogP contribution in [-0.2, 0) is 6.42 Å². The molecule has 0 saturated carbocycles. The molecule has 0 spiro atoms. The van der Waals surface area contributed by atoms with Crippen LogP contribution in [0, 0.1) is 12.7 Å². The summed E-state index contributed by atoms with van der Waals surface area (Å²) in [6, 6.07) is 14.5. The van der Waals surface area contributed by atoms with Crippen LogP contribution < -0.4 is 4.90 Å². The Kier molecular flexibility index (Phi) is 3.75. The lowest BCUT2D eigenvalue weighted by Crippen LogP contribution is -2.42. The molecule has 126 valence electrons. The fraction of sp³-hybridized carbons (Fsp3) is 0.238. The maximum absolute atomic E-state index is 13.4. The first-order valence-electron chi connectivity index (χ1n) is 8.53. The van der Waals surface area contributed by atoms with Crippen LogP contribution >= 0.6 is 0 Å². The summed E-state index contributed by atoms with van der Waals surface area (Å²) in [5.41, 5.74) is 3.94. The number of pyridine rings is 1. The molecule has 25 heavy (non-hydrogen) atoms. The Morgan fingerprint density at radius 2 is 2.00 bits per heavy atom. The van der Waals surface area contributed by atoms with E-state index in [1.165, 1.54) is 17.7 Å². The fourth-order valence-electron chi connectivity index (χ4n) is 3.58. The summed E-state index contributed by atoms with van der Waals surface area (Å²) in [5, 5.41) is 0.772. The van der Waals surface area contributed by atoms with Crippen molar-refractivity contribution in [2.45, 2.75) is 32.7 Å². The van der Waals surface area contributed by atoms with E-state index in [9.17, 15) is 9.18 Å². The molecule has 3 aromatic rings. The fourth-order valence-corrected chi connectivity index (χ4v) is 3.58. The molecule has 0 N–H and O–H groups in total. The topological polar surface area (TPSA) is 33.2 Å². The summed E-state index contributed by atoms with van der Waals surface area (Å²) in [6.07, 6.45) is 1.92. The Hall–Kier alpha value is -2.75. The molecular weight excluding hydrogens is 315 g/mol. The number of anilines is 1. The van der Waals surface area contributed by atoms with Crippen LogP contribution in [0.1, 0.15) is 35.0 Å². The van der Waals surface area contributed by atoms with Crippen molar-refractivity contribution in [3.8, 4) is 0 Å². The van der Waals surface area contributed by atoms with Gasteiger partial charge in [0.2, 0.25) is 0 Å². The molecule has 2 heterocycles. The second kappa shape index (κ2) is 5.96. The third kappa shape index (κ3) is 2.68. The summed E-state index contributed by atoms with van der Waals surface area (Å²) < 4.78 is 13.4. The first-order valence-corrected chi connectivity index (χ1v) is 8.53. The maximum Gasteiger partial charge on any atom is 0.260 e. The molecule has 2 aromatic carbocycles. The molecule has 0 radical (unpaired) electrons. The normalized spacial score (nSPS) is 16.8. The zero-order valence-corrected chi connectivity index (χ0v) is 14.3. The molecule has 0 aliphatic carbocycles. The van der Waals surface area contributed by atoms with Crippen molar-refractivity contribution in [3.05, 3.63) is 71.2 Å². The maximum atomic E-state index is 13.4. The second-order valence-corrected chi connectivity index (χ2v) is 6.65.